The smallest absolute Gasteiger partial charge is 0.297 e. The molecule has 0 fully saturated rings. The van der Waals surface area contributed by atoms with Gasteiger partial charge in [-0.25, -0.2) is 9.78 Å². The van der Waals surface area contributed by atoms with Crippen LogP contribution >= 0.6 is 11.6 Å². The molecule has 0 aliphatic heterocycles. The lowest BCUT2D eigenvalue weighted by Crippen LogP contribution is -2.37. The number of halogens is 1. The highest BCUT2D eigenvalue weighted by atomic mass is 35.5. The molecule has 0 saturated heterocycles. The zero-order valence-electron chi connectivity index (χ0n) is 9.97. The van der Waals surface area contributed by atoms with Crippen molar-refractivity contribution in [1.82, 2.24) is 24.3 Å². The maximum absolute atomic E-state index is 12.0. The molecule has 0 aliphatic carbocycles. The van der Waals surface area contributed by atoms with Crippen LogP contribution in [0.5, 0.6) is 0 Å². The predicted molar refractivity (Wildman–Crippen MR) is 65.8 cm³/mol. The zero-order valence-corrected chi connectivity index (χ0v) is 10.7. The number of hydrogen-bond acceptors (Lipinski definition) is 4. The summed E-state index contributed by atoms with van der Waals surface area (Å²) in [6.07, 6.45) is 1.95. The van der Waals surface area contributed by atoms with E-state index < -0.39 is 11.2 Å². The second kappa shape index (κ2) is 4.77. The minimum Gasteiger partial charge on any atom is -0.297 e. The van der Waals surface area contributed by atoms with Crippen LogP contribution < -0.4 is 11.2 Å². The molecule has 0 radical (unpaired) electrons. The Morgan fingerprint density at radius 1 is 1.44 bits per heavy atom. The Labute approximate surface area is 107 Å². The summed E-state index contributed by atoms with van der Waals surface area (Å²) in [6, 6.07) is 0. The summed E-state index contributed by atoms with van der Waals surface area (Å²) in [6.45, 7) is 1.82. The van der Waals surface area contributed by atoms with Crippen molar-refractivity contribution >= 4 is 11.6 Å². The van der Waals surface area contributed by atoms with E-state index in [1.54, 1.807) is 14.0 Å². The average Bonchev–Trinajstić information content (AvgIpc) is 2.70. The Morgan fingerprint density at radius 3 is 2.72 bits per heavy atom. The normalized spacial score (nSPS) is 10.8. The van der Waals surface area contributed by atoms with Gasteiger partial charge in [-0.15, -0.1) is 0 Å². The van der Waals surface area contributed by atoms with Crippen molar-refractivity contribution in [2.24, 2.45) is 7.05 Å². The number of aromatic amines is 1. The Balaban J connectivity index is 2.51. The first-order valence-corrected chi connectivity index (χ1v) is 5.76. The molecule has 0 amide bonds. The fourth-order valence-corrected chi connectivity index (χ4v) is 1.93. The lowest BCUT2D eigenvalue weighted by atomic mass is 10.2. The Kier molecular flexibility index (Phi) is 3.33. The third kappa shape index (κ3) is 2.21. The van der Waals surface area contributed by atoms with Crippen LogP contribution in [-0.4, -0.2) is 24.3 Å². The molecule has 2 aromatic heterocycles. The second-order valence-corrected chi connectivity index (χ2v) is 4.18. The topological polar surface area (TPSA) is 85.6 Å². The van der Waals surface area contributed by atoms with Gasteiger partial charge in [0.2, 0.25) is 0 Å². The molecule has 96 valence electrons. The summed E-state index contributed by atoms with van der Waals surface area (Å²) in [7, 11) is 1.71. The van der Waals surface area contributed by atoms with Crippen LogP contribution in [0.25, 0.3) is 0 Å². The molecule has 0 aromatic carbocycles. The highest BCUT2D eigenvalue weighted by molar-refractivity contribution is 6.30. The summed E-state index contributed by atoms with van der Waals surface area (Å²) in [5.41, 5.74) is -0.583. The molecule has 0 unspecified atom stereocenters. The van der Waals surface area contributed by atoms with Gasteiger partial charge in [0.15, 0.2) is 5.82 Å². The van der Waals surface area contributed by atoms with Crippen LogP contribution in [0.1, 0.15) is 18.3 Å². The first kappa shape index (κ1) is 12.6. The van der Waals surface area contributed by atoms with Crippen LogP contribution in [0.15, 0.2) is 15.9 Å². The van der Waals surface area contributed by atoms with Gasteiger partial charge in [0.1, 0.15) is 11.5 Å². The molecule has 0 spiro atoms. The van der Waals surface area contributed by atoms with Crippen molar-refractivity contribution in [3.8, 4) is 0 Å². The fourth-order valence-electron chi connectivity index (χ4n) is 1.63. The van der Waals surface area contributed by atoms with E-state index in [4.69, 9.17) is 11.6 Å². The zero-order chi connectivity index (χ0) is 13.3. The Hall–Kier alpha value is -1.89. The third-order valence-electron chi connectivity index (χ3n) is 2.53. The van der Waals surface area contributed by atoms with E-state index >= 15 is 0 Å². The molecule has 0 saturated carbocycles. The van der Waals surface area contributed by atoms with Gasteiger partial charge in [0, 0.05) is 7.05 Å². The van der Waals surface area contributed by atoms with Crippen molar-refractivity contribution in [2.45, 2.75) is 19.9 Å². The number of hydrogen-bond donors (Lipinski definition) is 1. The van der Waals surface area contributed by atoms with Gasteiger partial charge < -0.3 is 0 Å². The van der Waals surface area contributed by atoms with Gasteiger partial charge in [0.05, 0.1) is 12.1 Å². The number of rotatable bonds is 3. The summed E-state index contributed by atoms with van der Waals surface area (Å²) < 4.78 is 2.55. The molecule has 2 aromatic rings. The van der Waals surface area contributed by atoms with Crippen molar-refractivity contribution in [1.29, 1.82) is 0 Å². The number of nitrogens with zero attached hydrogens (tertiary/aromatic N) is 4. The lowest BCUT2D eigenvalue weighted by Gasteiger charge is -2.05. The van der Waals surface area contributed by atoms with Crippen LogP contribution in [0.4, 0.5) is 0 Å². The molecular formula is C10H12ClN5O2. The molecule has 0 atom stereocenters. The van der Waals surface area contributed by atoms with Crippen molar-refractivity contribution in [3.63, 3.8) is 0 Å². The van der Waals surface area contributed by atoms with E-state index in [-0.39, 0.29) is 11.7 Å². The lowest BCUT2D eigenvalue weighted by molar-refractivity contribution is 0.645. The van der Waals surface area contributed by atoms with E-state index in [1.807, 2.05) is 0 Å². The summed E-state index contributed by atoms with van der Waals surface area (Å²) in [5, 5.41) is 4.12. The largest absolute Gasteiger partial charge is 0.329 e. The SMILES string of the molecule is CCc1c(Cl)[nH]c(=O)n(Cc2ncn(C)n2)c1=O. The van der Waals surface area contributed by atoms with Gasteiger partial charge in [-0.2, -0.15) is 5.10 Å². The number of aryl methyl sites for hydroxylation is 1. The first-order valence-electron chi connectivity index (χ1n) is 5.39. The number of aromatic nitrogens is 5. The molecule has 0 aliphatic rings. The predicted octanol–water partition coefficient (Wildman–Crippen LogP) is -0.0708. The van der Waals surface area contributed by atoms with Gasteiger partial charge >= 0.3 is 5.69 Å². The third-order valence-corrected chi connectivity index (χ3v) is 2.85. The highest BCUT2D eigenvalue weighted by Crippen LogP contribution is 2.06. The highest BCUT2D eigenvalue weighted by Gasteiger charge is 2.12. The molecule has 1 N–H and O–H groups in total. The second-order valence-electron chi connectivity index (χ2n) is 3.80. The van der Waals surface area contributed by atoms with Crippen LogP contribution in [0.2, 0.25) is 5.15 Å². The van der Waals surface area contributed by atoms with Crippen molar-refractivity contribution in [2.75, 3.05) is 0 Å². The minimum absolute atomic E-state index is 0.0270. The van der Waals surface area contributed by atoms with E-state index in [9.17, 15) is 9.59 Å². The minimum atomic E-state index is -0.561. The molecule has 0 bridgehead atoms. The Morgan fingerprint density at radius 2 is 2.17 bits per heavy atom. The van der Waals surface area contributed by atoms with E-state index in [1.165, 1.54) is 11.0 Å². The maximum atomic E-state index is 12.0. The standard InChI is InChI=1S/C10H12ClN5O2/c1-3-6-8(11)13-10(18)16(9(6)17)4-7-12-5-15(2)14-7/h5H,3-4H2,1-2H3,(H,13,18). The van der Waals surface area contributed by atoms with E-state index in [0.717, 1.165) is 4.57 Å². The van der Waals surface area contributed by atoms with Crippen LogP contribution in [0, 0.1) is 0 Å². The number of nitrogens with one attached hydrogen (secondary N) is 1. The molecule has 2 rings (SSSR count). The molecule has 8 heteroatoms. The molecular weight excluding hydrogens is 258 g/mol. The molecule has 7 nitrogen and oxygen atoms in total. The summed E-state index contributed by atoms with van der Waals surface area (Å²) >= 11 is 5.81. The van der Waals surface area contributed by atoms with Gasteiger partial charge in [-0.3, -0.25) is 19.0 Å². The van der Waals surface area contributed by atoms with Crippen molar-refractivity contribution < 1.29 is 0 Å². The molecule has 18 heavy (non-hydrogen) atoms. The van der Waals surface area contributed by atoms with E-state index in [0.29, 0.717) is 17.8 Å². The van der Waals surface area contributed by atoms with Crippen LogP contribution in [-0.2, 0) is 20.0 Å². The van der Waals surface area contributed by atoms with Crippen molar-refractivity contribution in [3.05, 3.63) is 43.7 Å². The Bertz CT molecular complexity index is 684. The summed E-state index contributed by atoms with van der Waals surface area (Å²) in [4.78, 5) is 30.2. The maximum Gasteiger partial charge on any atom is 0.329 e. The average molecular weight is 270 g/mol. The first-order chi connectivity index (χ1) is 8.52. The molecule has 2 heterocycles. The quantitative estimate of drug-likeness (QED) is 0.791. The van der Waals surface area contributed by atoms with Gasteiger partial charge in [0.25, 0.3) is 5.56 Å². The number of H-pyrrole nitrogens is 1. The monoisotopic (exact) mass is 269 g/mol. The summed E-state index contributed by atoms with van der Waals surface area (Å²) in [5.74, 6) is 0.398. The van der Waals surface area contributed by atoms with Gasteiger partial charge in [-0.05, 0) is 6.42 Å². The van der Waals surface area contributed by atoms with E-state index in [2.05, 4.69) is 15.1 Å². The fraction of sp³-hybridized carbons (Fsp3) is 0.400. The van der Waals surface area contributed by atoms with Crippen LogP contribution in [0.3, 0.4) is 0 Å². The van der Waals surface area contributed by atoms with Gasteiger partial charge in [-0.1, -0.05) is 18.5 Å².